The van der Waals surface area contributed by atoms with Crippen LogP contribution in [-0.2, 0) is 17.8 Å². The molecule has 4 heteroatoms. The van der Waals surface area contributed by atoms with Gasteiger partial charge < -0.3 is 5.32 Å². The number of amides is 1. The molecule has 0 aromatic carbocycles. The molecule has 0 saturated carbocycles. The van der Waals surface area contributed by atoms with Crippen molar-refractivity contribution in [1.82, 2.24) is 10.3 Å². The molecular weight excluding hydrogens is 232 g/mol. The van der Waals surface area contributed by atoms with Gasteiger partial charge in [0.1, 0.15) is 0 Å². The summed E-state index contributed by atoms with van der Waals surface area (Å²) < 4.78 is 0. The third-order valence-electron chi connectivity index (χ3n) is 2.33. The van der Waals surface area contributed by atoms with Gasteiger partial charge in [-0.2, -0.15) is 0 Å². The molecule has 2 aromatic rings. The van der Waals surface area contributed by atoms with Gasteiger partial charge in [-0.1, -0.05) is 12.1 Å². The molecule has 0 fully saturated rings. The topological polar surface area (TPSA) is 42.0 Å². The van der Waals surface area contributed by atoms with Gasteiger partial charge in [0.15, 0.2) is 0 Å². The highest BCUT2D eigenvalue weighted by atomic mass is 32.1. The zero-order valence-corrected chi connectivity index (χ0v) is 10.5. The monoisotopic (exact) mass is 246 g/mol. The standard InChI is InChI=1S/C13H14N2OS/c1-10-4-2-5-11(15-10)9-14-13(16)8-12-6-3-7-17-12/h2-7H,8-9H2,1H3,(H,14,16). The van der Waals surface area contributed by atoms with E-state index in [0.717, 1.165) is 16.3 Å². The number of aryl methyl sites for hydroxylation is 1. The van der Waals surface area contributed by atoms with Gasteiger partial charge >= 0.3 is 0 Å². The Kier molecular flexibility index (Phi) is 3.88. The van der Waals surface area contributed by atoms with Crippen LogP contribution in [0, 0.1) is 6.92 Å². The van der Waals surface area contributed by atoms with Crippen molar-refractivity contribution in [2.45, 2.75) is 19.9 Å². The van der Waals surface area contributed by atoms with E-state index in [4.69, 9.17) is 0 Å². The van der Waals surface area contributed by atoms with Crippen molar-refractivity contribution >= 4 is 17.2 Å². The summed E-state index contributed by atoms with van der Waals surface area (Å²) in [7, 11) is 0. The van der Waals surface area contributed by atoms with Crippen LogP contribution in [0.1, 0.15) is 16.3 Å². The minimum Gasteiger partial charge on any atom is -0.350 e. The molecule has 2 aromatic heterocycles. The molecule has 0 radical (unpaired) electrons. The third-order valence-corrected chi connectivity index (χ3v) is 3.20. The van der Waals surface area contributed by atoms with Gasteiger partial charge in [0.25, 0.3) is 0 Å². The molecule has 2 heterocycles. The largest absolute Gasteiger partial charge is 0.350 e. The number of nitrogens with zero attached hydrogens (tertiary/aromatic N) is 1. The Bertz CT molecular complexity index is 494. The van der Waals surface area contributed by atoms with Crippen LogP contribution in [0.4, 0.5) is 0 Å². The molecule has 1 N–H and O–H groups in total. The fourth-order valence-electron chi connectivity index (χ4n) is 1.52. The van der Waals surface area contributed by atoms with E-state index in [-0.39, 0.29) is 5.91 Å². The van der Waals surface area contributed by atoms with Crippen molar-refractivity contribution in [3.63, 3.8) is 0 Å². The van der Waals surface area contributed by atoms with Crippen LogP contribution in [-0.4, -0.2) is 10.9 Å². The van der Waals surface area contributed by atoms with E-state index < -0.39 is 0 Å². The van der Waals surface area contributed by atoms with E-state index in [1.165, 1.54) is 0 Å². The second kappa shape index (κ2) is 5.59. The van der Waals surface area contributed by atoms with Gasteiger partial charge in [-0.3, -0.25) is 9.78 Å². The van der Waals surface area contributed by atoms with Crippen LogP contribution < -0.4 is 5.32 Å². The molecule has 1 amide bonds. The average Bonchev–Trinajstić information content (AvgIpc) is 2.79. The van der Waals surface area contributed by atoms with Crippen LogP contribution in [0.5, 0.6) is 0 Å². The summed E-state index contributed by atoms with van der Waals surface area (Å²) in [6.45, 7) is 2.43. The number of hydrogen-bond donors (Lipinski definition) is 1. The first-order valence-electron chi connectivity index (χ1n) is 5.45. The zero-order valence-electron chi connectivity index (χ0n) is 9.64. The Hall–Kier alpha value is -1.68. The van der Waals surface area contributed by atoms with Gasteiger partial charge in [-0.15, -0.1) is 11.3 Å². The number of pyridine rings is 1. The smallest absolute Gasteiger partial charge is 0.225 e. The van der Waals surface area contributed by atoms with Crippen molar-refractivity contribution in [3.8, 4) is 0 Å². The van der Waals surface area contributed by atoms with Crippen molar-refractivity contribution in [3.05, 3.63) is 52.0 Å². The maximum Gasteiger partial charge on any atom is 0.225 e. The number of hydrogen-bond acceptors (Lipinski definition) is 3. The first-order valence-corrected chi connectivity index (χ1v) is 6.33. The Morgan fingerprint density at radius 3 is 2.94 bits per heavy atom. The molecule has 0 aliphatic heterocycles. The highest BCUT2D eigenvalue weighted by molar-refractivity contribution is 7.10. The first kappa shape index (κ1) is 11.8. The van der Waals surface area contributed by atoms with Crippen molar-refractivity contribution in [2.24, 2.45) is 0 Å². The average molecular weight is 246 g/mol. The Labute approximate surface area is 105 Å². The summed E-state index contributed by atoms with van der Waals surface area (Å²) >= 11 is 1.60. The lowest BCUT2D eigenvalue weighted by atomic mass is 10.3. The lowest BCUT2D eigenvalue weighted by molar-refractivity contribution is -0.120. The van der Waals surface area contributed by atoms with E-state index in [0.29, 0.717) is 13.0 Å². The number of carbonyl (C=O) groups excluding carboxylic acids is 1. The molecule has 0 atom stereocenters. The molecule has 0 aliphatic carbocycles. The maximum atomic E-state index is 11.6. The molecule has 0 bridgehead atoms. The number of carbonyl (C=O) groups is 1. The predicted molar refractivity (Wildman–Crippen MR) is 68.8 cm³/mol. The van der Waals surface area contributed by atoms with E-state index >= 15 is 0 Å². The Morgan fingerprint density at radius 2 is 2.24 bits per heavy atom. The number of thiophene rings is 1. The maximum absolute atomic E-state index is 11.6. The molecule has 0 unspecified atom stereocenters. The third kappa shape index (κ3) is 3.67. The molecule has 3 nitrogen and oxygen atoms in total. The highest BCUT2D eigenvalue weighted by Gasteiger charge is 2.04. The molecular formula is C13H14N2OS. The summed E-state index contributed by atoms with van der Waals surface area (Å²) in [4.78, 5) is 17.0. The van der Waals surface area contributed by atoms with Gasteiger partial charge in [-0.25, -0.2) is 0 Å². The number of aromatic nitrogens is 1. The van der Waals surface area contributed by atoms with E-state index in [2.05, 4.69) is 10.3 Å². The number of rotatable bonds is 4. The molecule has 2 rings (SSSR count). The molecule has 88 valence electrons. The lowest BCUT2D eigenvalue weighted by Crippen LogP contribution is -2.24. The van der Waals surface area contributed by atoms with Gasteiger partial charge in [0, 0.05) is 10.6 Å². The SMILES string of the molecule is Cc1cccc(CNC(=O)Cc2cccs2)n1. The second-order valence-corrected chi connectivity index (χ2v) is 4.84. The van der Waals surface area contributed by atoms with E-state index in [9.17, 15) is 4.79 Å². The zero-order chi connectivity index (χ0) is 12.1. The quantitative estimate of drug-likeness (QED) is 0.899. The van der Waals surface area contributed by atoms with Crippen LogP contribution in [0.3, 0.4) is 0 Å². The Balaban J connectivity index is 1.84. The minimum atomic E-state index is 0.0377. The van der Waals surface area contributed by atoms with Crippen LogP contribution in [0.25, 0.3) is 0 Å². The van der Waals surface area contributed by atoms with E-state index in [1.807, 2.05) is 42.6 Å². The van der Waals surface area contributed by atoms with Crippen molar-refractivity contribution in [1.29, 1.82) is 0 Å². The minimum absolute atomic E-state index is 0.0377. The second-order valence-electron chi connectivity index (χ2n) is 3.80. The van der Waals surface area contributed by atoms with E-state index in [1.54, 1.807) is 11.3 Å². The first-order chi connectivity index (χ1) is 8.24. The summed E-state index contributed by atoms with van der Waals surface area (Å²) in [5, 5.41) is 4.85. The number of nitrogens with one attached hydrogen (secondary N) is 1. The summed E-state index contributed by atoms with van der Waals surface area (Å²) in [5.74, 6) is 0.0377. The summed E-state index contributed by atoms with van der Waals surface area (Å²) in [6.07, 6.45) is 0.448. The van der Waals surface area contributed by atoms with Crippen molar-refractivity contribution in [2.75, 3.05) is 0 Å². The normalized spacial score (nSPS) is 10.2. The van der Waals surface area contributed by atoms with Crippen LogP contribution >= 0.6 is 11.3 Å². The Morgan fingerprint density at radius 1 is 1.35 bits per heavy atom. The van der Waals surface area contributed by atoms with Crippen molar-refractivity contribution < 1.29 is 4.79 Å². The molecule has 0 spiro atoms. The van der Waals surface area contributed by atoms with Crippen LogP contribution in [0.2, 0.25) is 0 Å². The predicted octanol–water partition coefficient (Wildman–Crippen LogP) is 2.31. The molecule has 17 heavy (non-hydrogen) atoms. The fraction of sp³-hybridized carbons (Fsp3) is 0.231. The van der Waals surface area contributed by atoms with Gasteiger partial charge in [0.2, 0.25) is 5.91 Å². The summed E-state index contributed by atoms with van der Waals surface area (Å²) in [5.41, 5.74) is 1.86. The van der Waals surface area contributed by atoms with Gasteiger partial charge in [0.05, 0.1) is 18.7 Å². The van der Waals surface area contributed by atoms with Gasteiger partial charge in [-0.05, 0) is 30.5 Å². The molecule has 0 saturated heterocycles. The fourth-order valence-corrected chi connectivity index (χ4v) is 2.22. The highest BCUT2D eigenvalue weighted by Crippen LogP contribution is 2.08. The summed E-state index contributed by atoms with van der Waals surface area (Å²) in [6, 6.07) is 9.73. The van der Waals surface area contributed by atoms with Crippen LogP contribution in [0.15, 0.2) is 35.7 Å². The lowest BCUT2D eigenvalue weighted by Gasteiger charge is -2.04. The molecule has 0 aliphatic rings.